The van der Waals surface area contributed by atoms with Crippen molar-refractivity contribution in [2.24, 2.45) is 0 Å². The minimum Gasteiger partial charge on any atom is -0.367 e. The van der Waals surface area contributed by atoms with Crippen LogP contribution in [-0.4, -0.2) is 35.4 Å². The van der Waals surface area contributed by atoms with E-state index in [1.807, 2.05) is 32.9 Å². The van der Waals surface area contributed by atoms with Gasteiger partial charge in [0.25, 0.3) is 0 Å². The van der Waals surface area contributed by atoms with E-state index in [0.717, 1.165) is 13.1 Å². The molecule has 0 aromatic carbocycles. The van der Waals surface area contributed by atoms with Crippen molar-refractivity contribution in [1.29, 1.82) is 0 Å². The normalized spacial score (nSPS) is 14.9. The fourth-order valence-electron chi connectivity index (χ4n) is 0.744. The second-order valence-electron chi connectivity index (χ2n) is 3.56. The minimum absolute atomic E-state index is 0.393. The highest BCUT2D eigenvalue weighted by atomic mass is 79.9. The maximum absolute atomic E-state index is 9.48. The van der Waals surface area contributed by atoms with Crippen molar-refractivity contribution >= 4 is 15.9 Å². The summed E-state index contributed by atoms with van der Waals surface area (Å²) in [6, 6.07) is 0. The van der Waals surface area contributed by atoms with Gasteiger partial charge in [-0.1, -0.05) is 28.1 Å². The Hall–Kier alpha value is 0.100. The molecule has 0 aromatic heterocycles. The lowest BCUT2D eigenvalue weighted by Gasteiger charge is -2.23. The molecule has 3 nitrogen and oxygen atoms in total. The molecule has 0 rings (SSSR count). The Morgan fingerprint density at radius 1 is 1.57 bits per heavy atom. The third-order valence-electron chi connectivity index (χ3n) is 1.64. The van der Waals surface area contributed by atoms with Crippen LogP contribution in [0.25, 0.3) is 0 Å². The molecule has 0 aromatic rings. The van der Waals surface area contributed by atoms with Gasteiger partial charge in [-0.05, 0) is 20.8 Å². The molecular formula is C10H20BrNO2. The lowest BCUT2D eigenvalue weighted by molar-refractivity contribution is -0.112. The van der Waals surface area contributed by atoms with Gasteiger partial charge in [0.05, 0.1) is 10.9 Å². The smallest absolute Gasteiger partial charge is 0.169 e. The molecule has 0 saturated carbocycles. The van der Waals surface area contributed by atoms with Crippen LogP contribution in [0.3, 0.4) is 0 Å². The van der Waals surface area contributed by atoms with E-state index in [4.69, 9.17) is 4.74 Å². The Labute approximate surface area is 94.7 Å². The summed E-state index contributed by atoms with van der Waals surface area (Å²) in [4.78, 5) is 0. The van der Waals surface area contributed by atoms with E-state index in [-0.39, 0.29) is 0 Å². The minimum atomic E-state index is -0.772. The van der Waals surface area contributed by atoms with Crippen LogP contribution in [-0.2, 0) is 4.74 Å². The van der Waals surface area contributed by atoms with Gasteiger partial charge in [-0.25, -0.2) is 0 Å². The monoisotopic (exact) mass is 265 g/mol. The highest BCUT2D eigenvalue weighted by Gasteiger charge is 2.24. The molecular weight excluding hydrogens is 246 g/mol. The topological polar surface area (TPSA) is 41.5 Å². The number of hydrogen-bond donors (Lipinski definition) is 2. The number of ether oxygens (including phenoxy) is 1. The second-order valence-corrected chi connectivity index (χ2v) is 5.60. The largest absolute Gasteiger partial charge is 0.367 e. The maximum atomic E-state index is 9.48. The zero-order valence-electron chi connectivity index (χ0n) is 9.09. The fourth-order valence-corrected chi connectivity index (χ4v) is 0.876. The van der Waals surface area contributed by atoms with Crippen molar-refractivity contribution in [1.82, 2.24) is 5.32 Å². The molecule has 1 unspecified atom stereocenters. The summed E-state index contributed by atoms with van der Waals surface area (Å²) in [6.07, 6.45) is 3.25. The number of halogens is 1. The van der Waals surface area contributed by atoms with Crippen molar-refractivity contribution in [2.75, 3.05) is 19.7 Å². The highest BCUT2D eigenvalue weighted by molar-refractivity contribution is 9.10. The molecule has 0 heterocycles. The second kappa shape index (κ2) is 7.40. The molecule has 2 N–H and O–H groups in total. The van der Waals surface area contributed by atoms with Crippen molar-refractivity contribution in [3.05, 3.63) is 12.2 Å². The van der Waals surface area contributed by atoms with E-state index in [0.29, 0.717) is 6.61 Å². The van der Waals surface area contributed by atoms with Gasteiger partial charge in [-0.15, -0.1) is 0 Å². The summed E-state index contributed by atoms with van der Waals surface area (Å²) in [5, 5.41) is 12.6. The first-order chi connectivity index (χ1) is 6.48. The van der Waals surface area contributed by atoms with Crippen LogP contribution in [0.1, 0.15) is 20.8 Å². The number of rotatable bonds is 7. The Bertz CT molecular complexity index is 166. The van der Waals surface area contributed by atoms with Gasteiger partial charge >= 0.3 is 0 Å². The SMILES string of the molecule is C/C=C/CNCCOC(O)C(C)(C)Br. The van der Waals surface area contributed by atoms with E-state index in [1.54, 1.807) is 0 Å². The summed E-state index contributed by atoms with van der Waals surface area (Å²) in [7, 11) is 0. The van der Waals surface area contributed by atoms with Gasteiger partial charge in [0.1, 0.15) is 0 Å². The van der Waals surface area contributed by atoms with Gasteiger partial charge in [-0.3, -0.25) is 0 Å². The number of nitrogens with one attached hydrogen (secondary N) is 1. The first-order valence-corrected chi connectivity index (χ1v) is 5.58. The molecule has 0 saturated heterocycles. The molecule has 84 valence electrons. The zero-order chi connectivity index (χ0) is 11.0. The predicted octanol–water partition coefficient (Wildman–Crippen LogP) is 1.66. The lowest BCUT2D eigenvalue weighted by Crippen LogP contribution is -2.34. The van der Waals surface area contributed by atoms with Crippen molar-refractivity contribution < 1.29 is 9.84 Å². The van der Waals surface area contributed by atoms with E-state index < -0.39 is 10.6 Å². The molecule has 0 aliphatic rings. The number of allylic oxidation sites excluding steroid dienone is 1. The van der Waals surface area contributed by atoms with Gasteiger partial charge in [0.2, 0.25) is 0 Å². The molecule has 0 aliphatic heterocycles. The van der Waals surface area contributed by atoms with Crippen molar-refractivity contribution in [3.63, 3.8) is 0 Å². The first kappa shape index (κ1) is 14.1. The van der Waals surface area contributed by atoms with Crippen LogP contribution in [0.4, 0.5) is 0 Å². The van der Waals surface area contributed by atoms with Crippen LogP contribution in [0.5, 0.6) is 0 Å². The zero-order valence-corrected chi connectivity index (χ0v) is 10.7. The summed E-state index contributed by atoms with van der Waals surface area (Å²) in [5.41, 5.74) is 0. The molecule has 0 spiro atoms. The molecule has 1 atom stereocenters. The van der Waals surface area contributed by atoms with Crippen LogP contribution in [0.15, 0.2) is 12.2 Å². The molecule has 4 heteroatoms. The Kier molecular flexibility index (Phi) is 7.45. The molecule has 0 amide bonds. The molecule has 0 bridgehead atoms. The maximum Gasteiger partial charge on any atom is 0.169 e. The average Bonchev–Trinajstić information content (AvgIpc) is 2.09. The first-order valence-electron chi connectivity index (χ1n) is 4.79. The van der Waals surface area contributed by atoms with Crippen molar-refractivity contribution in [2.45, 2.75) is 31.4 Å². The number of aliphatic hydroxyl groups is 1. The Morgan fingerprint density at radius 2 is 2.21 bits per heavy atom. The van der Waals surface area contributed by atoms with E-state index in [2.05, 4.69) is 21.2 Å². The van der Waals surface area contributed by atoms with Crippen LogP contribution in [0.2, 0.25) is 0 Å². The van der Waals surface area contributed by atoms with E-state index >= 15 is 0 Å². The van der Waals surface area contributed by atoms with E-state index in [9.17, 15) is 5.11 Å². The summed E-state index contributed by atoms with van der Waals surface area (Å²) in [6.45, 7) is 7.80. The predicted molar refractivity (Wildman–Crippen MR) is 62.6 cm³/mol. The van der Waals surface area contributed by atoms with E-state index in [1.165, 1.54) is 0 Å². The van der Waals surface area contributed by atoms with Crippen molar-refractivity contribution in [3.8, 4) is 0 Å². The molecule has 14 heavy (non-hydrogen) atoms. The standard InChI is InChI=1S/C10H20BrNO2/c1-4-5-6-12-7-8-14-9(13)10(2,3)11/h4-5,9,12-13H,6-8H2,1-3H3/b5-4+. The van der Waals surface area contributed by atoms with Crippen LogP contribution >= 0.6 is 15.9 Å². The van der Waals surface area contributed by atoms with Gasteiger partial charge in [0, 0.05) is 13.1 Å². The molecule has 0 aliphatic carbocycles. The number of aliphatic hydroxyl groups excluding tert-OH is 1. The van der Waals surface area contributed by atoms with Crippen LogP contribution < -0.4 is 5.32 Å². The molecule has 0 fully saturated rings. The highest BCUT2D eigenvalue weighted by Crippen LogP contribution is 2.21. The number of alkyl halides is 1. The fraction of sp³-hybridized carbons (Fsp3) is 0.800. The average molecular weight is 266 g/mol. The number of hydrogen-bond acceptors (Lipinski definition) is 3. The van der Waals surface area contributed by atoms with Gasteiger partial charge in [-0.2, -0.15) is 0 Å². The van der Waals surface area contributed by atoms with Gasteiger partial charge < -0.3 is 15.2 Å². The lowest BCUT2D eigenvalue weighted by atomic mass is 10.2. The summed E-state index contributed by atoms with van der Waals surface area (Å²) >= 11 is 3.33. The Morgan fingerprint density at radius 3 is 2.71 bits per heavy atom. The van der Waals surface area contributed by atoms with Crippen LogP contribution in [0, 0.1) is 0 Å². The molecule has 0 radical (unpaired) electrons. The summed E-state index contributed by atoms with van der Waals surface area (Å²) < 4.78 is 4.82. The van der Waals surface area contributed by atoms with Gasteiger partial charge in [0.15, 0.2) is 6.29 Å². The third kappa shape index (κ3) is 7.50. The third-order valence-corrected chi connectivity index (χ3v) is 2.03. The Balaban J connectivity index is 3.36. The quantitative estimate of drug-likeness (QED) is 0.319. The summed E-state index contributed by atoms with van der Waals surface area (Å²) in [5.74, 6) is 0.